The maximum atomic E-state index is 11.9. The van der Waals surface area contributed by atoms with Gasteiger partial charge in [0.25, 0.3) is 5.69 Å². The van der Waals surface area contributed by atoms with Gasteiger partial charge in [-0.3, -0.25) is 14.9 Å². The predicted molar refractivity (Wildman–Crippen MR) is 76.3 cm³/mol. The van der Waals surface area contributed by atoms with Gasteiger partial charge in [0.05, 0.1) is 4.92 Å². The molecule has 0 aliphatic carbocycles. The van der Waals surface area contributed by atoms with Gasteiger partial charge in [-0.05, 0) is 31.9 Å². The molecule has 0 saturated carbocycles. The number of hydrogen-bond acceptors (Lipinski definition) is 4. The summed E-state index contributed by atoms with van der Waals surface area (Å²) in [4.78, 5) is 24.1. The van der Waals surface area contributed by atoms with E-state index in [2.05, 4.69) is 10.2 Å². The van der Waals surface area contributed by atoms with Crippen LogP contribution in [0.1, 0.15) is 19.8 Å². The lowest BCUT2D eigenvalue weighted by atomic mass is 10.3. The molecule has 0 atom stereocenters. The highest BCUT2D eigenvalue weighted by molar-refractivity contribution is 5.99. The van der Waals surface area contributed by atoms with Crippen LogP contribution in [0.3, 0.4) is 0 Å². The van der Waals surface area contributed by atoms with Crippen molar-refractivity contribution in [2.45, 2.75) is 19.8 Å². The molecule has 1 saturated heterocycles. The molecule has 1 amide bonds. The molecule has 1 aliphatic heterocycles. The second kappa shape index (κ2) is 6.18. The lowest BCUT2D eigenvalue weighted by Gasteiger charge is -2.17. The van der Waals surface area contributed by atoms with E-state index in [0.717, 1.165) is 31.6 Å². The Morgan fingerprint density at radius 2 is 1.90 bits per heavy atom. The fourth-order valence-electron chi connectivity index (χ4n) is 2.20. The Morgan fingerprint density at radius 1 is 1.30 bits per heavy atom. The molecule has 1 aromatic rings. The zero-order valence-corrected chi connectivity index (χ0v) is 11.3. The van der Waals surface area contributed by atoms with E-state index in [1.54, 1.807) is 6.08 Å². The molecular formula is C14H17N3O3. The van der Waals surface area contributed by atoms with Gasteiger partial charge >= 0.3 is 0 Å². The van der Waals surface area contributed by atoms with Crippen molar-refractivity contribution in [3.63, 3.8) is 0 Å². The van der Waals surface area contributed by atoms with Crippen LogP contribution in [-0.4, -0.2) is 28.8 Å². The first-order chi connectivity index (χ1) is 9.56. The van der Waals surface area contributed by atoms with Gasteiger partial charge in [0, 0.05) is 42.7 Å². The van der Waals surface area contributed by atoms with E-state index in [4.69, 9.17) is 0 Å². The van der Waals surface area contributed by atoms with Crippen LogP contribution in [0, 0.1) is 10.1 Å². The molecule has 0 spiro atoms. The van der Waals surface area contributed by atoms with Crippen LogP contribution in [0.25, 0.3) is 0 Å². The molecule has 2 rings (SSSR count). The largest absolute Gasteiger partial charge is 0.375 e. The van der Waals surface area contributed by atoms with E-state index in [0.29, 0.717) is 5.69 Å². The van der Waals surface area contributed by atoms with Gasteiger partial charge < -0.3 is 10.2 Å². The van der Waals surface area contributed by atoms with Gasteiger partial charge in [0.15, 0.2) is 0 Å². The Kier molecular flexibility index (Phi) is 4.34. The average molecular weight is 275 g/mol. The van der Waals surface area contributed by atoms with Crippen LogP contribution < -0.4 is 5.32 Å². The fraction of sp³-hybridized carbons (Fsp3) is 0.357. The van der Waals surface area contributed by atoms with Crippen molar-refractivity contribution in [1.29, 1.82) is 0 Å². The summed E-state index contributed by atoms with van der Waals surface area (Å²) >= 11 is 0. The Hall–Kier alpha value is -2.37. The summed E-state index contributed by atoms with van der Waals surface area (Å²) in [7, 11) is 0. The van der Waals surface area contributed by atoms with Crippen LogP contribution in [-0.2, 0) is 4.79 Å². The topological polar surface area (TPSA) is 75.5 Å². The molecule has 1 heterocycles. The van der Waals surface area contributed by atoms with Crippen molar-refractivity contribution < 1.29 is 9.72 Å². The van der Waals surface area contributed by atoms with Crippen LogP contribution in [0.2, 0.25) is 0 Å². The summed E-state index contributed by atoms with van der Waals surface area (Å²) in [6.07, 6.45) is 3.89. The molecule has 1 fully saturated rings. The zero-order chi connectivity index (χ0) is 14.5. The number of nitrogens with zero attached hydrogens (tertiary/aromatic N) is 2. The van der Waals surface area contributed by atoms with E-state index in [-0.39, 0.29) is 11.6 Å². The molecule has 106 valence electrons. The first-order valence-corrected chi connectivity index (χ1v) is 6.55. The van der Waals surface area contributed by atoms with Crippen LogP contribution in [0.15, 0.2) is 36.0 Å². The van der Waals surface area contributed by atoms with E-state index in [1.807, 2.05) is 6.92 Å². The minimum atomic E-state index is -0.469. The third-order valence-electron chi connectivity index (χ3n) is 3.29. The zero-order valence-electron chi connectivity index (χ0n) is 11.3. The third kappa shape index (κ3) is 3.57. The van der Waals surface area contributed by atoms with E-state index < -0.39 is 4.92 Å². The molecular weight excluding hydrogens is 258 g/mol. The average Bonchev–Trinajstić information content (AvgIpc) is 2.93. The standard InChI is InChI=1S/C14H17N3O3/c1-11(16-8-2-3-9-16)10-14(18)15-12-4-6-13(7-5-12)17(19)20/h4-7,10H,2-3,8-9H2,1H3,(H,15,18). The number of nitro groups is 1. The molecule has 0 unspecified atom stereocenters. The molecule has 0 bridgehead atoms. The van der Waals surface area contributed by atoms with Crippen LogP contribution in [0.4, 0.5) is 11.4 Å². The van der Waals surface area contributed by atoms with Crippen molar-refractivity contribution in [1.82, 2.24) is 4.90 Å². The van der Waals surface area contributed by atoms with Gasteiger partial charge in [-0.2, -0.15) is 0 Å². The summed E-state index contributed by atoms with van der Waals surface area (Å²) in [6, 6.07) is 5.78. The van der Waals surface area contributed by atoms with Crippen molar-refractivity contribution >= 4 is 17.3 Å². The Balaban J connectivity index is 1.96. The smallest absolute Gasteiger partial charge is 0.269 e. The first kappa shape index (κ1) is 14.0. The quantitative estimate of drug-likeness (QED) is 0.520. The number of benzene rings is 1. The number of allylic oxidation sites excluding steroid dienone is 1. The van der Waals surface area contributed by atoms with E-state index >= 15 is 0 Å². The molecule has 20 heavy (non-hydrogen) atoms. The maximum absolute atomic E-state index is 11.9. The number of likely N-dealkylation sites (tertiary alicyclic amines) is 1. The van der Waals surface area contributed by atoms with Gasteiger partial charge in [0.2, 0.25) is 5.91 Å². The Labute approximate surface area is 117 Å². The molecule has 0 aromatic heterocycles. The highest BCUT2D eigenvalue weighted by Gasteiger charge is 2.12. The number of rotatable bonds is 4. The highest BCUT2D eigenvalue weighted by Crippen LogP contribution is 2.16. The fourth-order valence-corrected chi connectivity index (χ4v) is 2.20. The van der Waals surface area contributed by atoms with E-state index in [1.165, 1.54) is 24.3 Å². The van der Waals surface area contributed by atoms with Gasteiger partial charge in [-0.25, -0.2) is 0 Å². The third-order valence-corrected chi connectivity index (χ3v) is 3.29. The molecule has 6 heteroatoms. The minimum Gasteiger partial charge on any atom is -0.375 e. The number of nitro benzene ring substituents is 1. The summed E-state index contributed by atoms with van der Waals surface area (Å²) in [5, 5.41) is 13.2. The molecule has 1 aliphatic rings. The second-order valence-corrected chi connectivity index (χ2v) is 4.77. The van der Waals surface area contributed by atoms with Gasteiger partial charge in [0.1, 0.15) is 0 Å². The predicted octanol–water partition coefficient (Wildman–Crippen LogP) is 2.53. The first-order valence-electron chi connectivity index (χ1n) is 6.55. The lowest BCUT2D eigenvalue weighted by molar-refractivity contribution is -0.384. The number of hydrogen-bond donors (Lipinski definition) is 1. The summed E-state index contributed by atoms with van der Waals surface area (Å²) in [6.45, 7) is 3.90. The molecule has 1 N–H and O–H groups in total. The van der Waals surface area contributed by atoms with Gasteiger partial charge in [-0.1, -0.05) is 0 Å². The highest BCUT2D eigenvalue weighted by atomic mass is 16.6. The number of anilines is 1. The number of non-ortho nitro benzene ring substituents is 1. The van der Waals surface area contributed by atoms with Crippen molar-refractivity contribution in [3.8, 4) is 0 Å². The number of amides is 1. The number of carbonyl (C=O) groups is 1. The van der Waals surface area contributed by atoms with Crippen LogP contribution >= 0.6 is 0 Å². The lowest BCUT2D eigenvalue weighted by Crippen LogP contribution is -2.19. The van der Waals surface area contributed by atoms with Crippen molar-refractivity contribution in [3.05, 3.63) is 46.2 Å². The summed E-state index contributed by atoms with van der Waals surface area (Å²) < 4.78 is 0. The maximum Gasteiger partial charge on any atom is 0.269 e. The Morgan fingerprint density at radius 3 is 2.45 bits per heavy atom. The molecule has 1 aromatic carbocycles. The summed E-state index contributed by atoms with van der Waals surface area (Å²) in [5.41, 5.74) is 1.50. The number of nitrogens with one attached hydrogen (secondary N) is 1. The Bertz CT molecular complexity index is 531. The normalized spacial score (nSPS) is 15.2. The SMILES string of the molecule is CC(=CC(=O)Nc1ccc([N+](=O)[O-])cc1)N1CCCC1. The second-order valence-electron chi connectivity index (χ2n) is 4.77. The van der Waals surface area contributed by atoms with E-state index in [9.17, 15) is 14.9 Å². The minimum absolute atomic E-state index is 0.00629. The van der Waals surface area contributed by atoms with Gasteiger partial charge in [-0.15, -0.1) is 0 Å². The molecule has 6 nitrogen and oxygen atoms in total. The van der Waals surface area contributed by atoms with Crippen molar-refractivity contribution in [2.24, 2.45) is 0 Å². The van der Waals surface area contributed by atoms with Crippen LogP contribution in [0.5, 0.6) is 0 Å². The monoisotopic (exact) mass is 275 g/mol. The van der Waals surface area contributed by atoms with Crippen molar-refractivity contribution in [2.75, 3.05) is 18.4 Å². The summed E-state index contributed by atoms with van der Waals surface area (Å²) in [5.74, 6) is -0.219. The molecule has 0 radical (unpaired) electrons. The number of carbonyl (C=O) groups excluding carboxylic acids is 1.